The van der Waals surface area contributed by atoms with Gasteiger partial charge < -0.3 is 18.1 Å². The van der Waals surface area contributed by atoms with Gasteiger partial charge in [0.15, 0.2) is 0 Å². The summed E-state index contributed by atoms with van der Waals surface area (Å²) in [7, 11) is 0. The van der Waals surface area contributed by atoms with Crippen molar-refractivity contribution < 1.29 is 4.42 Å². The van der Waals surface area contributed by atoms with Crippen LogP contribution in [0.25, 0.3) is 127 Å². The monoisotopic (exact) mass is 815 g/mol. The molecule has 0 saturated carbocycles. The van der Waals surface area contributed by atoms with E-state index in [1.165, 1.54) is 71.1 Å². The second kappa shape index (κ2) is 13.4. The van der Waals surface area contributed by atoms with Crippen LogP contribution >= 0.6 is 0 Å². The molecule has 0 atom stereocenters. The predicted molar refractivity (Wildman–Crippen MR) is 268 cm³/mol. The van der Waals surface area contributed by atoms with Crippen LogP contribution in [-0.2, 0) is 0 Å². The van der Waals surface area contributed by atoms with Crippen molar-refractivity contribution in [1.29, 1.82) is 0 Å². The average molecular weight is 816 g/mol. The molecule has 0 amide bonds. The van der Waals surface area contributed by atoms with Gasteiger partial charge in [-0.1, -0.05) is 146 Å². The smallest absolute Gasteiger partial charge is 0.137 e. The SMILES string of the molecule is c1ccc(-c2ccccc2-c2ccc3oc4cccc(-n5c6ccccc6c6ccc(-n7c8ccccc8c8cc(-n9c%10ccccc%10c%10ccccc%109)ccc87)cc65)c4c3c2)cc1. The molecule has 14 rings (SSSR count). The molecule has 0 aliphatic heterocycles. The molecule has 14 aromatic rings. The van der Waals surface area contributed by atoms with Crippen molar-refractivity contribution in [3.63, 3.8) is 0 Å². The first kappa shape index (κ1) is 35.0. The van der Waals surface area contributed by atoms with E-state index in [4.69, 9.17) is 4.42 Å². The zero-order valence-corrected chi connectivity index (χ0v) is 34.6. The highest BCUT2D eigenvalue weighted by Gasteiger charge is 2.21. The molecule has 4 aromatic heterocycles. The molecule has 4 heteroatoms. The summed E-state index contributed by atoms with van der Waals surface area (Å²) in [6.45, 7) is 0. The van der Waals surface area contributed by atoms with E-state index in [0.29, 0.717) is 0 Å². The van der Waals surface area contributed by atoms with Crippen molar-refractivity contribution in [2.45, 2.75) is 0 Å². The van der Waals surface area contributed by atoms with Crippen LogP contribution in [0.5, 0.6) is 0 Å². The number of benzene rings is 10. The normalized spacial score (nSPS) is 12.1. The number of nitrogens with zero attached hydrogens (tertiary/aromatic N) is 3. The molecule has 0 radical (unpaired) electrons. The summed E-state index contributed by atoms with van der Waals surface area (Å²) in [6.07, 6.45) is 0. The molecular weight excluding hydrogens is 779 g/mol. The highest BCUT2D eigenvalue weighted by atomic mass is 16.3. The molecule has 0 aliphatic rings. The number of para-hydroxylation sites is 4. The van der Waals surface area contributed by atoms with Gasteiger partial charge in [-0.15, -0.1) is 0 Å². The Kier molecular flexibility index (Phi) is 7.36. The summed E-state index contributed by atoms with van der Waals surface area (Å²) >= 11 is 0. The van der Waals surface area contributed by atoms with Crippen molar-refractivity contribution in [3.8, 4) is 39.3 Å². The van der Waals surface area contributed by atoms with E-state index in [1.807, 2.05) is 0 Å². The lowest BCUT2D eigenvalue weighted by Crippen LogP contribution is -1.98. The zero-order valence-electron chi connectivity index (χ0n) is 34.6. The third kappa shape index (κ3) is 4.99. The summed E-state index contributed by atoms with van der Waals surface area (Å²) in [5.41, 5.74) is 16.9. The molecular formula is C60H37N3O. The number of hydrogen-bond donors (Lipinski definition) is 0. The average Bonchev–Trinajstić information content (AvgIpc) is 4.10. The van der Waals surface area contributed by atoms with Crippen LogP contribution in [0.1, 0.15) is 0 Å². The largest absolute Gasteiger partial charge is 0.456 e. The fourth-order valence-corrected chi connectivity index (χ4v) is 10.7. The van der Waals surface area contributed by atoms with E-state index in [-0.39, 0.29) is 0 Å². The van der Waals surface area contributed by atoms with Crippen LogP contribution in [0.15, 0.2) is 229 Å². The summed E-state index contributed by atoms with van der Waals surface area (Å²) in [5.74, 6) is 0. The maximum absolute atomic E-state index is 6.66. The van der Waals surface area contributed by atoms with E-state index in [0.717, 1.165) is 55.6 Å². The lowest BCUT2D eigenvalue weighted by Gasteiger charge is -2.13. The number of fused-ring (bicyclic) bond motifs is 12. The van der Waals surface area contributed by atoms with Crippen LogP contribution in [0, 0.1) is 0 Å². The third-order valence-corrected chi connectivity index (χ3v) is 13.4. The maximum Gasteiger partial charge on any atom is 0.137 e. The summed E-state index contributed by atoms with van der Waals surface area (Å²) in [4.78, 5) is 0. The first-order chi connectivity index (χ1) is 31.8. The third-order valence-electron chi connectivity index (χ3n) is 13.4. The van der Waals surface area contributed by atoms with Gasteiger partial charge in [0.1, 0.15) is 11.2 Å². The first-order valence-electron chi connectivity index (χ1n) is 21.9. The Morgan fingerprint density at radius 2 is 0.781 bits per heavy atom. The second-order valence-electron chi connectivity index (χ2n) is 16.9. The predicted octanol–water partition coefficient (Wildman–Crippen LogP) is 16.2. The number of furan rings is 1. The van der Waals surface area contributed by atoms with E-state index in [1.54, 1.807) is 0 Å². The van der Waals surface area contributed by atoms with Crippen LogP contribution in [0.2, 0.25) is 0 Å². The van der Waals surface area contributed by atoms with Crippen molar-refractivity contribution in [1.82, 2.24) is 13.7 Å². The van der Waals surface area contributed by atoms with Gasteiger partial charge in [0.25, 0.3) is 0 Å². The fraction of sp³-hybridized carbons (Fsp3) is 0. The van der Waals surface area contributed by atoms with E-state index in [2.05, 4.69) is 238 Å². The zero-order chi connectivity index (χ0) is 41.9. The highest BCUT2D eigenvalue weighted by molar-refractivity contribution is 6.16. The molecule has 10 aromatic carbocycles. The van der Waals surface area contributed by atoms with Gasteiger partial charge in [0, 0.05) is 49.1 Å². The standard InChI is InChI=1S/C60H37N3O/c1-2-15-38(16-3-1)42-17-4-5-18-43(42)39-29-34-58-50(35-39)60-56(27-14-28-59(60)64-58)63-54-26-13-8-21-46(54)48-32-30-41(37-57(48)63)62-53-25-12-9-22-47(53)49-36-40(31-33-55(49)62)61-51-23-10-6-19-44(51)45-20-7-11-24-52(45)61/h1-37H. The van der Waals surface area contributed by atoms with E-state index >= 15 is 0 Å². The molecule has 0 fully saturated rings. The van der Waals surface area contributed by atoms with Crippen LogP contribution < -0.4 is 0 Å². The summed E-state index contributed by atoms with van der Waals surface area (Å²) in [6, 6.07) is 81.4. The molecule has 0 saturated heterocycles. The molecule has 0 spiro atoms. The molecule has 0 unspecified atom stereocenters. The van der Waals surface area contributed by atoms with Gasteiger partial charge in [0.2, 0.25) is 0 Å². The van der Waals surface area contributed by atoms with Crippen molar-refractivity contribution in [3.05, 3.63) is 224 Å². The Morgan fingerprint density at radius 1 is 0.266 bits per heavy atom. The van der Waals surface area contributed by atoms with Gasteiger partial charge in [0.05, 0.1) is 44.2 Å². The number of rotatable bonds is 5. The van der Waals surface area contributed by atoms with Gasteiger partial charge in [-0.25, -0.2) is 0 Å². The Morgan fingerprint density at radius 3 is 1.45 bits per heavy atom. The van der Waals surface area contributed by atoms with Crippen LogP contribution in [0.3, 0.4) is 0 Å². The fourth-order valence-electron chi connectivity index (χ4n) is 10.7. The van der Waals surface area contributed by atoms with Gasteiger partial charge in [-0.2, -0.15) is 0 Å². The molecule has 64 heavy (non-hydrogen) atoms. The van der Waals surface area contributed by atoms with Gasteiger partial charge in [-0.05, 0) is 101 Å². The summed E-state index contributed by atoms with van der Waals surface area (Å²) in [5, 5.41) is 9.57. The van der Waals surface area contributed by atoms with E-state index < -0.39 is 0 Å². The molecule has 0 N–H and O–H groups in total. The minimum Gasteiger partial charge on any atom is -0.456 e. The van der Waals surface area contributed by atoms with Crippen LogP contribution in [-0.4, -0.2) is 13.7 Å². The van der Waals surface area contributed by atoms with Crippen LogP contribution in [0.4, 0.5) is 0 Å². The Labute approximate surface area is 367 Å². The number of hydrogen-bond acceptors (Lipinski definition) is 1. The Hall–Kier alpha value is -8.60. The molecule has 0 aliphatic carbocycles. The summed E-state index contributed by atoms with van der Waals surface area (Å²) < 4.78 is 14.0. The van der Waals surface area contributed by atoms with Gasteiger partial charge in [-0.3, -0.25) is 0 Å². The Balaban J connectivity index is 0.990. The minimum atomic E-state index is 0.865. The molecule has 4 heterocycles. The Bertz CT molecular complexity index is 4140. The first-order valence-corrected chi connectivity index (χ1v) is 21.9. The quantitative estimate of drug-likeness (QED) is 0.170. The lowest BCUT2D eigenvalue weighted by molar-refractivity contribution is 0.669. The van der Waals surface area contributed by atoms with Crippen molar-refractivity contribution in [2.75, 3.05) is 0 Å². The molecule has 0 bridgehead atoms. The minimum absolute atomic E-state index is 0.865. The molecule has 298 valence electrons. The van der Waals surface area contributed by atoms with Crippen molar-refractivity contribution in [2.24, 2.45) is 0 Å². The maximum atomic E-state index is 6.66. The lowest BCUT2D eigenvalue weighted by atomic mass is 9.94. The van der Waals surface area contributed by atoms with Crippen molar-refractivity contribution >= 4 is 87.4 Å². The van der Waals surface area contributed by atoms with Gasteiger partial charge >= 0.3 is 0 Å². The second-order valence-corrected chi connectivity index (χ2v) is 16.9. The van der Waals surface area contributed by atoms with E-state index in [9.17, 15) is 0 Å². The highest BCUT2D eigenvalue weighted by Crippen LogP contribution is 2.43. The topological polar surface area (TPSA) is 27.9 Å². The number of aromatic nitrogens is 3. The molecule has 4 nitrogen and oxygen atoms in total.